The zero-order valence-electron chi connectivity index (χ0n) is 18.8. The van der Waals surface area contributed by atoms with Gasteiger partial charge < -0.3 is 4.90 Å². The van der Waals surface area contributed by atoms with Gasteiger partial charge in [0, 0.05) is 28.7 Å². The lowest BCUT2D eigenvalue weighted by molar-refractivity contribution is -0.130. The first kappa shape index (κ1) is 21.1. The lowest BCUT2D eigenvalue weighted by atomic mass is 9.63. The van der Waals surface area contributed by atoms with E-state index < -0.39 is 28.8 Å². The van der Waals surface area contributed by atoms with Gasteiger partial charge in [0.05, 0.1) is 17.7 Å². The molecule has 2 aliphatic heterocycles. The Morgan fingerprint density at radius 3 is 2.09 bits per heavy atom. The second-order valence-electron chi connectivity index (χ2n) is 9.97. The summed E-state index contributed by atoms with van der Waals surface area (Å²) < 4.78 is 0. The van der Waals surface area contributed by atoms with E-state index in [1.54, 1.807) is 47.5 Å². The Balaban J connectivity index is 1.84. The lowest BCUT2D eigenvalue weighted by Crippen LogP contribution is -2.47. The number of allylic oxidation sites excluding steroid dienone is 2. The Kier molecular flexibility index (Phi) is 4.54. The molecule has 1 spiro atoms. The molecule has 3 aliphatic rings. The van der Waals surface area contributed by atoms with E-state index in [4.69, 9.17) is 0 Å². The van der Waals surface area contributed by atoms with Gasteiger partial charge in [0.1, 0.15) is 11.5 Å². The van der Waals surface area contributed by atoms with E-state index in [9.17, 15) is 19.6 Å². The van der Waals surface area contributed by atoms with Gasteiger partial charge >= 0.3 is 0 Å². The van der Waals surface area contributed by atoms with Crippen molar-refractivity contribution in [3.63, 3.8) is 0 Å². The molecule has 5 nitrogen and oxygen atoms in total. The van der Waals surface area contributed by atoms with Crippen LogP contribution in [-0.2, 0) is 4.79 Å². The summed E-state index contributed by atoms with van der Waals surface area (Å²) in [5.41, 5.74) is -0.245. The highest BCUT2D eigenvalue weighted by atomic mass is 16.2. The van der Waals surface area contributed by atoms with Gasteiger partial charge in [-0.05, 0) is 11.6 Å². The van der Waals surface area contributed by atoms with Crippen molar-refractivity contribution in [2.75, 3.05) is 0 Å². The van der Waals surface area contributed by atoms with E-state index in [2.05, 4.69) is 6.07 Å². The van der Waals surface area contributed by atoms with Crippen molar-refractivity contribution in [2.24, 2.45) is 10.8 Å². The summed E-state index contributed by atoms with van der Waals surface area (Å²) in [7, 11) is 0. The average molecular weight is 437 g/mol. The summed E-state index contributed by atoms with van der Waals surface area (Å²) in [5.74, 6) is -1.27. The molecule has 1 aliphatic carbocycles. The number of hydrogen-bond donors (Lipinski definition) is 0. The molecule has 0 unspecified atom stereocenters. The summed E-state index contributed by atoms with van der Waals surface area (Å²) in [5, 5.41) is 9.57. The Morgan fingerprint density at radius 2 is 1.55 bits per heavy atom. The largest absolute Gasteiger partial charge is 0.358 e. The first-order valence-electron chi connectivity index (χ1n) is 11.1. The summed E-state index contributed by atoms with van der Waals surface area (Å²) >= 11 is 0. The third-order valence-corrected chi connectivity index (χ3v) is 7.12. The molecule has 0 amide bonds. The van der Waals surface area contributed by atoms with Crippen molar-refractivity contribution in [1.29, 1.82) is 5.26 Å². The van der Waals surface area contributed by atoms with Gasteiger partial charge in [-0.1, -0.05) is 81.4 Å². The topological polar surface area (TPSA) is 78.2 Å². The Bertz CT molecular complexity index is 1260. The second kappa shape index (κ2) is 7.11. The number of hydrogen-bond acceptors (Lipinski definition) is 5. The number of carbonyl (C=O) groups excluding carboxylic acids is 3. The molecule has 5 rings (SSSR count). The minimum absolute atomic E-state index is 0.0707. The molecule has 0 radical (unpaired) electrons. The fourth-order valence-electron chi connectivity index (χ4n) is 5.70. The average Bonchev–Trinajstić information content (AvgIpc) is 3.24. The summed E-state index contributed by atoms with van der Waals surface area (Å²) in [6.45, 7) is 5.54. The molecule has 164 valence electrons. The highest BCUT2D eigenvalue weighted by Gasteiger charge is 2.71. The predicted molar refractivity (Wildman–Crippen MR) is 123 cm³/mol. The van der Waals surface area contributed by atoms with Crippen LogP contribution in [-0.4, -0.2) is 34.3 Å². The van der Waals surface area contributed by atoms with E-state index >= 15 is 0 Å². The highest BCUT2D eigenvalue weighted by Crippen LogP contribution is 2.59. The van der Waals surface area contributed by atoms with Crippen LogP contribution in [0.15, 0.2) is 78.5 Å². The van der Waals surface area contributed by atoms with E-state index in [0.29, 0.717) is 16.7 Å². The van der Waals surface area contributed by atoms with Crippen LogP contribution in [0, 0.1) is 22.2 Å². The van der Waals surface area contributed by atoms with Crippen LogP contribution in [0.25, 0.3) is 0 Å². The lowest BCUT2D eigenvalue weighted by Gasteiger charge is -2.34. The van der Waals surface area contributed by atoms with Crippen LogP contribution in [0.3, 0.4) is 0 Å². The van der Waals surface area contributed by atoms with Gasteiger partial charge in [-0.25, -0.2) is 0 Å². The molecule has 0 N–H and O–H groups in total. The Labute approximate surface area is 193 Å². The number of ketones is 3. The third kappa shape index (κ3) is 2.74. The molecular weight excluding hydrogens is 412 g/mol. The van der Waals surface area contributed by atoms with Crippen LogP contribution >= 0.6 is 0 Å². The van der Waals surface area contributed by atoms with Crippen LogP contribution in [0.4, 0.5) is 0 Å². The van der Waals surface area contributed by atoms with Crippen molar-refractivity contribution >= 4 is 17.3 Å². The molecule has 0 saturated carbocycles. The van der Waals surface area contributed by atoms with Crippen LogP contribution < -0.4 is 0 Å². The Morgan fingerprint density at radius 1 is 0.970 bits per heavy atom. The van der Waals surface area contributed by atoms with Gasteiger partial charge in [0.25, 0.3) is 0 Å². The summed E-state index contributed by atoms with van der Waals surface area (Å²) in [6, 6.07) is 17.0. The van der Waals surface area contributed by atoms with E-state index in [0.717, 1.165) is 5.56 Å². The van der Waals surface area contributed by atoms with Crippen molar-refractivity contribution in [2.45, 2.75) is 38.8 Å². The normalized spacial score (nSPS) is 25.0. The molecular formula is C28H24N2O3. The zero-order chi connectivity index (χ0) is 23.5. The minimum atomic E-state index is -1.48. The molecule has 1 saturated heterocycles. The Hall–Kier alpha value is -3.78. The smallest absolute Gasteiger partial charge is 0.180 e. The second-order valence-corrected chi connectivity index (χ2v) is 9.97. The van der Waals surface area contributed by atoms with E-state index in [-0.39, 0.29) is 17.3 Å². The quantitative estimate of drug-likeness (QED) is 0.649. The number of benzene rings is 2. The highest BCUT2D eigenvalue weighted by molar-refractivity contribution is 6.31. The maximum absolute atomic E-state index is 14.2. The third-order valence-electron chi connectivity index (χ3n) is 7.12. The monoisotopic (exact) mass is 436 g/mol. The number of rotatable bonds is 2. The molecule has 2 aromatic carbocycles. The van der Waals surface area contributed by atoms with Crippen LogP contribution in [0.5, 0.6) is 0 Å². The number of nitrogens with zero attached hydrogens (tertiary/aromatic N) is 2. The molecule has 0 aromatic heterocycles. The first-order valence-corrected chi connectivity index (χ1v) is 11.1. The van der Waals surface area contributed by atoms with Gasteiger partial charge in [0.2, 0.25) is 0 Å². The zero-order valence-corrected chi connectivity index (χ0v) is 18.8. The molecule has 5 heteroatoms. The SMILES string of the molecule is CC(C)(C)C(=O)[C@H]1[C@@H](c2ccccc2)C2(C(=O)c3ccccc3C2=O)[C@H]2C=CC(C#N)=CN12. The van der Waals surface area contributed by atoms with Crippen LogP contribution in [0.1, 0.15) is 53.0 Å². The molecule has 0 bridgehead atoms. The number of Topliss-reactive ketones (excluding diaryl/α,β-unsaturated/α-hetero) is 3. The maximum Gasteiger partial charge on any atom is 0.180 e. The van der Waals surface area contributed by atoms with Gasteiger partial charge in [-0.15, -0.1) is 0 Å². The van der Waals surface area contributed by atoms with E-state index in [1.165, 1.54) is 0 Å². The van der Waals surface area contributed by atoms with Crippen molar-refractivity contribution in [3.8, 4) is 6.07 Å². The van der Waals surface area contributed by atoms with E-state index in [1.807, 2.05) is 51.1 Å². The van der Waals surface area contributed by atoms with Crippen LogP contribution in [0.2, 0.25) is 0 Å². The number of fused-ring (bicyclic) bond motifs is 3. The van der Waals surface area contributed by atoms with Gasteiger partial charge in [0.15, 0.2) is 17.3 Å². The molecule has 3 atom stereocenters. The summed E-state index contributed by atoms with van der Waals surface area (Å²) in [4.78, 5) is 44.0. The standard InChI is InChI=1S/C28H24N2O3/c1-27(2,3)26(33)23-22(18-9-5-4-6-10-18)28(21-14-13-17(15-29)16-30(21)23)24(31)19-11-7-8-12-20(19)25(28)32/h4-14,16,21-23H,1-3H3/t21-,22-,23-/m1/s1. The maximum atomic E-state index is 14.2. The molecule has 2 aromatic rings. The number of nitriles is 1. The fourth-order valence-corrected chi connectivity index (χ4v) is 5.70. The predicted octanol–water partition coefficient (Wildman–Crippen LogP) is 4.48. The first-order chi connectivity index (χ1) is 15.7. The molecule has 2 heterocycles. The van der Waals surface area contributed by atoms with Crippen molar-refractivity contribution < 1.29 is 14.4 Å². The van der Waals surface area contributed by atoms with Gasteiger partial charge in [-0.3, -0.25) is 14.4 Å². The molecule has 1 fully saturated rings. The molecule has 33 heavy (non-hydrogen) atoms. The number of carbonyl (C=O) groups is 3. The fraction of sp³-hybridized carbons (Fsp3) is 0.286. The summed E-state index contributed by atoms with van der Waals surface area (Å²) in [6.07, 6.45) is 5.05. The van der Waals surface area contributed by atoms with Gasteiger partial charge in [-0.2, -0.15) is 5.26 Å². The van der Waals surface area contributed by atoms with Crippen molar-refractivity contribution in [1.82, 2.24) is 4.90 Å². The minimum Gasteiger partial charge on any atom is -0.358 e. The van der Waals surface area contributed by atoms with Crippen molar-refractivity contribution in [3.05, 3.63) is 95.2 Å².